The molecule has 0 aliphatic rings. The van der Waals surface area contributed by atoms with Gasteiger partial charge in [-0.15, -0.1) is 0 Å². The summed E-state index contributed by atoms with van der Waals surface area (Å²) in [5, 5.41) is 4.77. The molecule has 0 bridgehead atoms. The summed E-state index contributed by atoms with van der Waals surface area (Å²) < 4.78 is 0. The minimum atomic E-state index is -0.660. The molecule has 7 heteroatoms. The molecule has 0 unspecified atom stereocenters. The second kappa shape index (κ2) is 5.54. The van der Waals surface area contributed by atoms with Crippen LogP contribution in [0.5, 0.6) is 0 Å². The number of carbonyl (C=O) groups excluding carboxylic acids is 2. The lowest BCUT2D eigenvalue weighted by atomic mass is 10.2. The standard InChI is InChI=1S/C9H12N4O3/c10-9(16)13-4-3-12-8(15)6-5-11-2-1-7(6)14/h1-2,5H,3-4H2,(H,11,14)(H,12,15)(H3,10,13,16). The summed E-state index contributed by atoms with van der Waals surface area (Å²) in [5.74, 6) is -0.492. The van der Waals surface area contributed by atoms with Crippen molar-refractivity contribution in [1.82, 2.24) is 15.6 Å². The molecule has 0 saturated heterocycles. The fourth-order valence-electron chi connectivity index (χ4n) is 1.05. The van der Waals surface area contributed by atoms with Crippen molar-refractivity contribution < 1.29 is 9.59 Å². The summed E-state index contributed by atoms with van der Waals surface area (Å²) in [6.07, 6.45) is 2.76. The third kappa shape index (κ3) is 3.45. The molecule has 0 fully saturated rings. The number of rotatable bonds is 4. The van der Waals surface area contributed by atoms with Crippen LogP contribution in [0, 0.1) is 0 Å². The number of aromatic nitrogens is 1. The lowest BCUT2D eigenvalue weighted by Gasteiger charge is -2.04. The van der Waals surface area contributed by atoms with E-state index in [0.717, 1.165) is 0 Å². The van der Waals surface area contributed by atoms with Crippen molar-refractivity contribution in [3.63, 3.8) is 0 Å². The number of carbonyl (C=O) groups is 2. The molecule has 16 heavy (non-hydrogen) atoms. The molecule has 0 atom stereocenters. The van der Waals surface area contributed by atoms with Crippen LogP contribution >= 0.6 is 0 Å². The highest BCUT2D eigenvalue weighted by molar-refractivity contribution is 5.93. The van der Waals surface area contributed by atoms with Crippen LogP contribution in [0.2, 0.25) is 0 Å². The lowest BCUT2D eigenvalue weighted by Crippen LogP contribution is -2.38. The van der Waals surface area contributed by atoms with Gasteiger partial charge in [-0.1, -0.05) is 0 Å². The molecule has 1 aromatic heterocycles. The minimum absolute atomic E-state index is 0.0292. The molecule has 1 rings (SSSR count). The van der Waals surface area contributed by atoms with Gasteiger partial charge in [-0.05, 0) is 0 Å². The predicted molar refractivity (Wildman–Crippen MR) is 57.0 cm³/mol. The van der Waals surface area contributed by atoms with Gasteiger partial charge >= 0.3 is 6.03 Å². The second-order valence-corrected chi connectivity index (χ2v) is 2.97. The maximum Gasteiger partial charge on any atom is 0.312 e. The number of amides is 3. The van der Waals surface area contributed by atoms with Crippen LogP contribution in [0.3, 0.4) is 0 Å². The van der Waals surface area contributed by atoms with Gasteiger partial charge in [-0.25, -0.2) is 4.79 Å². The SMILES string of the molecule is NC(=O)NCCNC(=O)c1c[nH]ccc1=O. The zero-order chi connectivity index (χ0) is 12.0. The van der Waals surface area contributed by atoms with Crippen molar-refractivity contribution >= 4 is 11.9 Å². The maximum atomic E-state index is 11.4. The summed E-state index contributed by atoms with van der Waals surface area (Å²) in [5.41, 5.74) is 4.49. The Hall–Kier alpha value is -2.31. The fraction of sp³-hybridized carbons (Fsp3) is 0.222. The number of nitrogens with two attached hydrogens (primary N) is 1. The molecule has 0 aliphatic carbocycles. The van der Waals surface area contributed by atoms with E-state index in [1.165, 1.54) is 18.5 Å². The number of pyridine rings is 1. The van der Waals surface area contributed by atoms with Crippen LogP contribution in [0.25, 0.3) is 0 Å². The van der Waals surface area contributed by atoms with E-state index in [1.54, 1.807) is 0 Å². The molecule has 86 valence electrons. The smallest absolute Gasteiger partial charge is 0.312 e. The quantitative estimate of drug-likeness (QED) is 0.480. The number of hydrogen-bond acceptors (Lipinski definition) is 3. The van der Waals surface area contributed by atoms with Crippen molar-refractivity contribution in [1.29, 1.82) is 0 Å². The Morgan fingerprint density at radius 1 is 1.31 bits per heavy atom. The molecule has 0 aromatic carbocycles. The second-order valence-electron chi connectivity index (χ2n) is 2.97. The molecule has 3 amide bonds. The van der Waals surface area contributed by atoms with Gasteiger partial charge in [0.25, 0.3) is 5.91 Å². The van der Waals surface area contributed by atoms with Crippen LogP contribution in [0.15, 0.2) is 23.3 Å². The van der Waals surface area contributed by atoms with E-state index < -0.39 is 11.9 Å². The Bertz CT molecular complexity index is 440. The zero-order valence-corrected chi connectivity index (χ0v) is 8.45. The van der Waals surface area contributed by atoms with Gasteiger partial charge in [0.15, 0.2) is 5.43 Å². The molecule has 0 radical (unpaired) electrons. The van der Waals surface area contributed by atoms with Crippen LogP contribution in [0.1, 0.15) is 10.4 Å². The Morgan fingerprint density at radius 3 is 2.62 bits per heavy atom. The Morgan fingerprint density at radius 2 is 2.00 bits per heavy atom. The molecule has 1 heterocycles. The predicted octanol–water partition coefficient (Wildman–Crippen LogP) is -1.23. The van der Waals surface area contributed by atoms with E-state index in [-0.39, 0.29) is 24.1 Å². The van der Waals surface area contributed by atoms with Crippen LogP contribution in [-0.2, 0) is 0 Å². The Balaban J connectivity index is 2.45. The lowest BCUT2D eigenvalue weighted by molar-refractivity contribution is 0.0952. The first-order valence-electron chi connectivity index (χ1n) is 4.60. The summed E-state index contributed by atoms with van der Waals surface area (Å²) in [7, 11) is 0. The Kier molecular flexibility index (Phi) is 4.07. The van der Waals surface area contributed by atoms with Crippen LogP contribution < -0.4 is 21.8 Å². The monoisotopic (exact) mass is 224 g/mol. The number of urea groups is 1. The minimum Gasteiger partial charge on any atom is -0.367 e. The average Bonchev–Trinajstić information content (AvgIpc) is 2.24. The molecular weight excluding hydrogens is 212 g/mol. The summed E-state index contributed by atoms with van der Waals surface area (Å²) in [6.45, 7) is 0.419. The van der Waals surface area contributed by atoms with Gasteiger partial charge in [-0.2, -0.15) is 0 Å². The third-order valence-electron chi connectivity index (χ3n) is 1.78. The van der Waals surface area contributed by atoms with Crippen molar-refractivity contribution in [2.75, 3.05) is 13.1 Å². The third-order valence-corrected chi connectivity index (χ3v) is 1.78. The summed E-state index contributed by atoms with van der Waals surface area (Å²) >= 11 is 0. The number of primary amides is 1. The van der Waals surface area contributed by atoms with Crippen molar-refractivity contribution in [3.8, 4) is 0 Å². The van der Waals surface area contributed by atoms with E-state index >= 15 is 0 Å². The van der Waals surface area contributed by atoms with Gasteiger partial charge in [0.05, 0.1) is 0 Å². The summed E-state index contributed by atoms with van der Waals surface area (Å²) in [4.78, 5) is 35.6. The van der Waals surface area contributed by atoms with Crippen molar-refractivity contribution in [2.45, 2.75) is 0 Å². The highest BCUT2D eigenvalue weighted by Crippen LogP contribution is 1.86. The first kappa shape index (κ1) is 11.8. The van der Waals surface area contributed by atoms with E-state index in [9.17, 15) is 14.4 Å². The zero-order valence-electron chi connectivity index (χ0n) is 8.45. The van der Waals surface area contributed by atoms with Crippen molar-refractivity contribution in [2.24, 2.45) is 5.73 Å². The highest BCUT2D eigenvalue weighted by atomic mass is 16.2. The first-order valence-corrected chi connectivity index (χ1v) is 4.60. The van der Waals surface area contributed by atoms with Crippen LogP contribution in [0.4, 0.5) is 4.79 Å². The van der Waals surface area contributed by atoms with Crippen LogP contribution in [-0.4, -0.2) is 30.0 Å². The number of nitrogens with one attached hydrogen (secondary N) is 3. The van der Waals surface area contributed by atoms with Crippen molar-refractivity contribution in [3.05, 3.63) is 34.2 Å². The highest BCUT2D eigenvalue weighted by Gasteiger charge is 2.07. The number of hydrogen-bond donors (Lipinski definition) is 4. The number of aromatic amines is 1. The van der Waals surface area contributed by atoms with E-state index in [4.69, 9.17) is 5.73 Å². The van der Waals surface area contributed by atoms with Gasteiger partial charge in [0, 0.05) is 31.5 Å². The Labute approximate surface area is 91.0 Å². The normalized spacial score (nSPS) is 9.50. The molecule has 0 saturated carbocycles. The van der Waals surface area contributed by atoms with Gasteiger partial charge in [0.1, 0.15) is 5.56 Å². The van der Waals surface area contributed by atoms with Gasteiger partial charge < -0.3 is 21.4 Å². The van der Waals surface area contributed by atoms with Gasteiger partial charge in [-0.3, -0.25) is 9.59 Å². The number of H-pyrrole nitrogens is 1. The van der Waals surface area contributed by atoms with E-state index in [1.807, 2.05) is 0 Å². The first-order chi connectivity index (χ1) is 7.61. The molecular formula is C9H12N4O3. The molecule has 1 aromatic rings. The topological polar surface area (TPSA) is 117 Å². The molecule has 5 N–H and O–H groups in total. The fourth-order valence-corrected chi connectivity index (χ4v) is 1.05. The summed E-state index contributed by atoms with van der Waals surface area (Å²) in [6, 6.07) is 0.600. The maximum absolute atomic E-state index is 11.4. The molecule has 0 spiro atoms. The largest absolute Gasteiger partial charge is 0.367 e. The van der Waals surface area contributed by atoms with E-state index in [0.29, 0.717) is 0 Å². The van der Waals surface area contributed by atoms with E-state index in [2.05, 4.69) is 15.6 Å². The van der Waals surface area contributed by atoms with Gasteiger partial charge in [0.2, 0.25) is 0 Å². The molecule has 7 nitrogen and oxygen atoms in total. The average molecular weight is 224 g/mol. The molecule has 0 aliphatic heterocycles.